The van der Waals surface area contributed by atoms with Gasteiger partial charge in [0.2, 0.25) is 5.78 Å². The van der Waals surface area contributed by atoms with Crippen LogP contribution in [0.3, 0.4) is 0 Å². The molecule has 0 aromatic heterocycles. The fourth-order valence-electron chi connectivity index (χ4n) is 5.00. The van der Waals surface area contributed by atoms with Crippen LogP contribution in [0.2, 0.25) is 5.02 Å². The first-order chi connectivity index (χ1) is 24.4. The number of rotatable bonds is 14. The highest BCUT2D eigenvalue weighted by Crippen LogP contribution is 2.45. The molecule has 0 spiro atoms. The Kier molecular flexibility index (Phi) is 11.9. The summed E-state index contributed by atoms with van der Waals surface area (Å²) in [6, 6.07) is 49.3. The molecule has 6 aromatic carbocycles. The van der Waals surface area contributed by atoms with Crippen molar-refractivity contribution in [2.45, 2.75) is 21.1 Å². The Labute approximate surface area is 305 Å². The van der Waals surface area contributed by atoms with Crippen molar-refractivity contribution in [2.75, 3.05) is 5.75 Å². The van der Waals surface area contributed by atoms with Crippen molar-refractivity contribution in [3.05, 3.63) is 186 Å². The third-order valence-corrected chi connectivity index (χ3v) is 12.2. The Morgan fingerprint density at radius 3 is 1.58 bits per heavy atom. The molecule has 50 heavy (non-hydrogen) atoms. The minimum atomic E-state index is -3.66. The van der Waals surface area contributed by atoms with Crippen molar-refractivity contribution in [3.63, 3.8) is 0 Å². The third-order valence-electron chi connectivity index (χ3n) is 7.65. The fraction of sp³-hybridized carbons (Fsp3) is 0.0488. The molecular formula is C41H31ClNO4PS2. The number of carbonyl (C=O) groups is 2. The lowest BCUT2D eigenvalue weighted by molar-refractivity contribution is 0.103. The summed E-state index contributed by atoms with van der Waals surface area (Å²) in [6.07, 6.45) is 0.278. The molecule has 0 amide bonds. The SMILES string of the molecule is O=C(C(CCSc1ccc(Cl)cc1)=NOP(=O)(c1ccccc1)c1ccccc1)c1ccc(Sc2ccc(C(=O)c3ccccc3)cc2)cc1. The monoisotopic (exact) mass is 731 g/mol. The second kappa shape index (κ2) is 16.8. The summed E-state index contributed by atoms with van der Waals surface area (Å²) < 4.78 is 20.4. The average Bonchev–Trinajstić information content (AvgIpc) is 3.18. The zero-order valence-electron chi connectivity index (χ0n) is 26.7. The van der Waals surface area contributed by atoms with Gasteiger partial charge in [0, 0.05) is 48.6 Å². The van der Waals surface area contributed by atoms with Crippen LogP contribution < -0.4 is 10.6 Å². The third kappa shape index (κ3) is 8.92. The lowest BCUT2D eigenvalue weighted by Gasteiger charge is -2.17. The zero-order chi connectivity index (χ0) is 34.8. The second-order valence-electron chi connectivity index (χ2n) is 11.1. The van der Waals surface area contributed by atoms with E-state index in [2.05, 4.69) is 5.16 Å². The Bertz CT molecular complexity index is 2080. The van der Waals surface area contributed by atoms with Gasteiger partial charge in [-0.15, -0.1) is 11.8 Å². The van der Waals surface area contributed by atoms with Crippen molar-refractivity contribution in [3.8, 4) is 0 Å². The summed E-state index contributed by atoms with van der Waals surface area (Å²) in [6.45, 7) is 0. The van der Waals surface area contributed by atoms with Crippen molar-refractivity contribution in [1.29, 1.82) is 0 Å². The van der Waals surface area contributed by atoms with Gasteiger partial charge in [-0.25, -0.2) is 0 Å². The van der Waals surface area contributed by atoms with Crippen molar-refractivity contribution < 1.29 is 18.8 Å². The maximum absolute atomic E-state index is 14.5. The summed E-state index contributed by atoms with van der Waals surface area (Å²) >= 11 is 9.14. The number of benzene rings is 6. The molecule has 0 N–H and O–H groups in total. The van der Waals surface area contributed by atoms with E-state index in [1.165, 1.54) is 11.8 Å². The molecule has 0 aliphatic heterocycles. The molecule has 0 atom stereocenters. The van der Waals surface area contributed by atoms with E-state index in [9.17, 15) is 14.2 Å². The summed E-state index contributed by atoms with van der Waals surface area (Å²) in [5.74, 6) is 0.199. The summed E-state index contributed by atoms with van der Waals surface area (Å²) in [7, 11) is -3.66. The number of Topliss-reactive ketones (excluding diaryl/α,β-unsaturated/α-hetero) is 1. The summed E-state index contributed by atoms with van der Waals surface area (Å²) in [5, 5.41) is 5.95. The molecule has 6 aromatic rings. The average molecular weight is 732 g/mol. The number of oxime groups is 1. The minimum Gasteiger partial charge on any atom is -0.330 e. The van der Waals surface area contributed by atoms with Crippen LogP contribution in [-0.2, 0) is 9.19 Å². The van der Waals surface area contributed by atoms with Crippen molar-refractivity contribution in [1.82, 2.24) is 0 Å². The van der Waals surface area contributed by atoms with Gasteiger partial charge in [-0.2, -0.15) is 0 Å². The second-order valence-corrected chi connectivity index (χ2v) is 16.1. The van der Waals surface area contributed by atoms with Gasteiger partial charge in [-0.3, -0.25) is 14.2 Å². The predicted molar refractivity (Wildman–Crippen MR) is 206 cm³/mol. The quantitative estimate of drug-likeness (QED) is 0.0365. The van der Waals surface area contributed by atoms with Crippen LogP contribution in [-0.4, -0.2) is 23.0 Å². The van der Waals surface area contributed by atoms with E-state index in [1.54, 1.807) is 84.6 Å². The fourth-order valence-corrected chi connectivity index (χ4v) is 8.63. The number of carbonyl (C=O) groups excluding carboxylic acids is 2. The lowest BCUT2D eigenvalue weighted by Crippen LogP contribution is -2.20. The number of nitrogens with zero attached hydrogens (tertiary/aromatic N) is 1. The number of hydrogen-bond donors (Lipinski definition) is 0. The molecule has 5 nitrogen and oxygen atoms in total. The summed E-state index contributed by atoms with van der Waals surface area (Å²) in [5.41, 5.74) is 1.87. The minimum absolute atomic E-state index is 0.0260. The molecule has 0 unspecified atom stereocenters. The molecule has 6 rings (SSSR count). The Balaban J connectivity index is 1.21. The van der Waals surface area contributed by atoms with Crippen LogP contribution in [0.5, 0.6) is 0 Å². The Hall–Kier alpha value is -4.65. The largest absolute Gasteiger partial charge is 0.330 e. The maximum Gasteiger partial charge on any atom is 0.330 e. The van der Waals surface area contributed by atoms with E-state index in [0.717, 1.165) is 14.7 Å². The zero-order valence-corrected chi connectivity index (χ0v) is 30.0. The number of thioether (sulfide) groups is 1. The van der Waals surface area contributed by atoms with Crippen LogP contribution >= 0.6 is 42.5 Å². The van der Waals surface area contributed by atoms with Crippen molar-refractivity contribution >= 4 is 70.4 Å². The van der Waals surface area contributed by atoms with Gasteiger partial charge < -0.3 is 4.62 Å². The van der Waals surface area contributed by atoms with Gasteiger partial charge >= 0.3 is 7.37 Å². The molecule has 0 saturated carbocycles. The van der Waals surface area contributed by atoms with E-state index in [0.29, 0.717) is 38.1 Å². The molecule has 0 heterocycles. The van der Waals surface area contributed by atoms with Crippen LogP contribution in [0.15, 0.2) is 184 Å². The molecular weight excluding hydrogens is 701 g/mol. The van der Waals surface area contributed by atoms with E-state index in [4.69, 9.17) is 16.2 Å². The van der Waals surface area contributed by atoms with E-state index in [-0.39, 0.29) is 23.7 Å². The Morgan fingerprint density at radius 2 is 1.04 bits per heavy atom. The molecule has 0 aliphatic rings. The van der Waals surface area contributed by atoms with Gasteiger partial charge in [0.1, 0.15) is 5.71 Å². The topological polar surface area (TPSA) is 72.8 Å². The molecule has 0 radical (unpaired) electrons. The molecule has 0 bridgehead atoms. The van der Waals surface area contributed by atoms with Crippen LogP contribution in [0.4, 0.5) is 0 Å². The highest BCUT2D eigenvalue weighted by atomic mass is 35.5. The number of ketones is 2. The summed E-state index contributed by atoms with van der Waals surface area (Å²) in [4.78, 5) is 29.6. The van der Waals surface area contributed by atoms with E-state index < -0.39 is 7.37 Å². The van der Waals surface area contributed by atoms with Gasteiger partial charge in [-0.1, -0.05) is 95.2 Å². The molecule has 0 fully saturated rings. The van der Waals surface area contributed by atoms with Gasteiger partial charge in [0.15, 0.2) is 5.78 Å². The normalized spacial score (nSPS) is 11.6. The smallest absolute Gasteiger partial charge is 0.330 e. The maximum atomic E-state index is 14.5. The molecule has 9 heteroatoms. The first-order valence-corrected chi connectivity index (χ1v) is 19.6. The van der Waals surface area contributed by atoms with Gasteiger partial charge in [-0.05, 0) is 97.1 Å². The number of hydrogen-bond acceptors (Lipinski definition) is 7. The molecule has 248 valence electrons. The number of halogens is 1. The van der Waals surface area contributed by atoms with Crippen LogP contribution in [0, 0.1) is 0 Å². The predicted octanol–water partition coefficient (Wildman–Crippen LogP) is 10.4. The molecule has 0 saturated heterocycles. The van der Waals surface area contributed by atoms with Crippen molar-refractivity contribution in [2.24, 2.45) is 5.16 Å². The Morgan fingerprint density at radius 1 is 0.580 bits per heavy atom. The van der Waals surface area contributed by atoms with Crippen LogP contribution in [0.25, 0.3) is 0 Å². The van der Waals surface area contributed by atoms with Gasteiger partial charge in [0.05, 0.1) is 10.6 Å². The first-order valence-electron chi connectivity index (χ1n) is 15.8. The molecule has 0 aliphatic carbocycles. The highest BCUT2D eigenvalue weighted by molar-refractivity contribution is 7.99. The standard InChI is InChI=1S/C41H31ClNO4PS2/c42-33-20-26-36(27-21-33)49-29-28-39(43-47-48(46,34-12-6-2-7-13-34)35-14-8-3-9-15-35)41(45)32-18-24-38(25-19-32)50-37-22-16-31(17-23-37)40(44)30-10-4-1-5-11-30/h1-27H,28-29H2. The first kappa shape index (κ1) is 35.2. The highest BCUT2D eigenvalue weighted by Gasteiger charge is 2.31. The van der Waals surface area contributed by atoms with E-state index in [1.807, 2.05) is 91.0 Å². The van der Waals surface area contributed by atoms with E-state index >= 15 is 0 Å². The lowest BCUT2D eigenvalue weighted by atomic mass is 10.0. The van der Waals surface area contributed by atoms with Gasteiger partial charge in [0.25, 0.3) is 0 Å². The van der Waals surface area contributed by atoms with Crippen LogP contribution in [0.1, 0.15) is 32.7 Å².